The zero-order valence-corrected chi connectivity index (χ0v) is 11.4. The summed E-state index contributed by atoms with van der Waals surface area (Å²) in [6.07, 6.45) is 0. The standard InChI is InChI=1S/C11H16ClNO2S/c1-7(2)16(14,15)13-11-9(4)5-8(3)6-10(11)12/h5-7,13H,1-4H3. The molecule has 0 radical (unpaired) electrons. The van der Waals surface area contributed by atoms with Crippen LogP contribution in [0.1, 0.15) is 25.0 Å². The normalized spacial score (nSPS) is 11.9. The first-order valence-electron chi connectivity index (χ1n) is 5.02. The summed E-state index contributed by atoms with van der Waals surface area (Å²) in [6.45, 7) is 7.00. The Kier molecular flexibility index (Phi) is 3.86. The van der Waals surface area contributed by atoms with Crippen LogP contribution in [0.4, 0.5) is 5.69 Å². The highest BCUT2D eigenvalue weighted by molar-refractivity contribution is 7.93. The number of sulfonamides is 1. The van der Waals surface area contributed by atoms with Gasteiger partial charge in [-0.3, -0.25) is 4.72 Å². The van der Waals surface area contributed by atoms with Crippen molar-refractivity contribution in [3.05, 3.63) is 28.3 Å². The van der Waals surface area contributed by atoms with E-state index < -0.39 is 15.3 Å². The van der Waals surface area contributed by atoms with Gasteiger partial charge in [0.05, 0.1) is 16.0 Å². The molecule has 1 N–H and O–H groups in total. The summed E-state index contributed by atoms with van der Waals surface area (Å²) in [5, 5.41) is -0.0500. The van der Waals surface area contributed by atoms with Crippen molar-refractivity contribution in [2.75, 3.05) is 4.72 Å². The summed E-state index contributed by atoms with van der Waals surface area (Å²) in [4.78, 5) is 0. The van der Waals surface area contributed by atoms with Crippen LogP contribution in [-0.2, 0) is 10.0 Å². The average Bonchev–Trinajstić information content (AvgIpc) is 2.11. The molecule has 0 bridgehead atoms. The van der Waals surface area contributed by atoms with Gasteiger partial charge < -0.3 is 0 Å². The minimum Gasteiger partial charge on any atom is -0.282 e. The van der Waals surface area contributed by atoms with Crippen molar-refractivity contribution in [2.24, 2.45) is 0 Å². The van der Waals surface area contributed by atoms with Crippen LogP contribution in [0.3, 0.4) is 0 Å². The molecule has 1 aromatic rings. The van der Waals surface area contributed by atoms with Crippen LogP contribution in [-0.4, -0.2) is 13.7 Å². The lowest BCUT2D eigenvalue weighted by Crippen LogP contribution is -2.23. The van der Waals surface area contributed by atoms with Crippen molar-refractivity contribution in [3.8, 4) is 0 Å². The SMILES string of the molecule is Cc1cc(C)c(NS(=O)(=O)C(C)C)c(Cl)c1. The first-order chi connectivity index (χ1) is 7.24. The maximum atomic E-state index is 11.7. The molecule has 0 atom stereocenters. The molecule has 0 fully saturated rings. The second-order valence-corrected chi connectivity index (χ2v) is 6.78. The predicted octanol–water partition coefficient (Wildman–Crippen LogP) is 3.11. The van der Waals surface area contributed by atoms with Crippen molar-refractivity contribution in [1.29, 1.82) is 0 Å². The lowest BCUT2D eigenvalue weighted by Gasteiger charge is -2.14. The first kappa shape index (κ1) is 13.3. The molecule has 1 rings (SSSR count). The third-order valence-corrected chi connectivity index (χ3v) is 4.32. The smallest absolute Gasteiger partial charge is 0.235 e. The molecule has 0 aliphatic carbocycles. The number of rotatable bonds is 3. The van der Waals surface area contributed by atoms with Crippen LogP contribution in [0, 0.1) is 13.8 Å². The van der Waals surface area contributed by atoms with E-state index in [1.807, 2.05) is 19.9 Å². The van der Waals surface area contributed by atoms with E-state index in [1.165, 1.54) is 0 Å². The Bertz CT molecular complexity index is 472. The van der Waals surface area contributed by atoms with E-state index >= 15 is 0 Å². The number of aryl methyl sites for hydroxylation is 2. The number of nitrogens with one attached hydrogen (secondary N) is 1. The van der Waals surface area contributed by atoms with Crippen molar-refractivity contribution >= 4 is 27.3 Å². The van der Waals surface area contributed by atoms with Gasteiger partial charge in [0.2, 0.25) is 10.0 Å². The molecule has 0 unspecified atom stereocenters. The van der Waals surface area contributed by atoms with Crippen LogP contribution in [0.5, 0.6) is 0 Å². The van der Waals surface area contributed by atoms with E-state index in [-0.39, 0.29) is 0 Å². The Morgan fingerprint density at radius 2 is 1.81 bits per heavy atom. The summed E-state index contributed by atoms with van der Waals surface area (Å²) in [7, 11) is -3.34. The van der Waals surface area contributed by atoms with Gasteiger partial charge in [0, 0.05) is 0 Å². The summed E-state index contributed by atoms with van der Waals surface area (Å²) >= 11 is 6.02. The number of anilines is 1. The van der Waals surface area contributed by atoms with Crippen LogP contribution in [0.25, 0.3) is 0 Å². The maximum Gasteiger partial charge on any atom is 0.235 e. The predicted molar refractivity (Wildman–Crippen MR) is 68.6 cm³/mol. The molecule has 0 spiro atoms. The van der Waals surface area contributed by atoms with Gasteiger partial charge in [0.1, 0.15) is 0 Å². The minimum absolute atomic E-state index is 0.432. The Balaban J connectivity index is 3.17. The zero-order valence-electron chi connectivity index (χ0n) is 9.83. The van der Waals surface area contributed by atoms with Crippen LogP contribution < -0.4 is 4.72 Å². The Morgan fingerprint density at radius 3 is 2.25 bits per heavy atom. The van der Waals surface area contributed by atoms with E-state index in [2.05, 4.69) is 4.72 Å². The van der Waals surface area contributed by atoms with E-state index in [4.69, 9.17) is 11.6 Å². The highest BCUT2D eigenvalue weighted by Gasteiger charge is 2.18. The van der Waals surface area contributed by atoms with E-state index in [0.717, 1.165) is 11.1 Å². The summed E-state index contributed by atoms with van der Waals surface area (Å²) < 4.78 is 26.0. The Hall–Kier alpha value is -0.740. The monoisotopic (exact) mass is 261 g/mol. The molecule has 1 aromatic carbocycles. The molecule has 0 aliphatic heterocycles. The number of halogens is 1. The average molecular weight is 262 g/mol. The van der Waals surface area contributed by atoms with Crippen LogP contribution in [0.2, 0.25) is 5.02 Å². The zero-order chi connectivity index (χ0) is 12.5. The first-order valence-corrected chi connectivity index (χ1v) is 6.95. The number of benzene rings is 1. The van der Waals surface area contributed by atoms with E-state index in [1.54, 1.807) is 19.9 Å². The summed E-state index contributed by atoms with van der Waals surface area (Å²) in [5.41, 5.74) is 2.31. The van der Waals surface area contributed by atoms with Crippen molar-refractivity contribution in [1.82, 2.24) is 0 Å². The molecule has 0 heterocycles. The highest BCUT2D eigenvalue weighted by Crippen LogP contribution is 2.28. The van der Waals surface area contributed by atoms with E-state index in [9.17, 15) is 8.42 Å². The third-order valence-electron chi connectivity index (χ3n) is 2.30. The minimum atomic E-state index is -3.34. The lowest BCUT2D eigenvalue weighted by molar-refractivity contribution is 0.592. The maximum absolute atomic E-state index is 11.7. The molecule has 0 saturated carbocycles. The van der Waals surface area contributed by atoms with Gasteiger partial charge in [-0.05, 0) is 44.9 Å². The van der Waals surface area contributed by atoms with Gasteiger partial charge in [-0.1, -0.05) is 17.7 Å². The fraction of sp³-hybridized carbons (Fsp3) is 0.455. The molecular formula is C11H16ClNO2S. The van der Waals surface area contributed by atoms with Crippen LogP contribution >= 0.6 is 11.6 Å². The third kappa shape index (κ3) is 2.89. The molecule has 3 nitrogen and oxygen atoms in total. The Labute approximate surface area is 102 Å². The molecular weight excluding hydrogens is 246 g/mol. The largest absolute Gasteiger partial charge is 0.282 e. The van der Waals surface area contributed by atoms with Crippen molar-refractivity contribution in [2.45, 2.75) is 32.9 Å². The van der Waals surface area contributed by atoms with Gasteiger partial charge in [-0.25, -0.2) is 8.42 Å². The molecule has 0 saturated heterocycles. The van der Waals surface area contributed by atoms with Gasteiger partial charge in [-0.2, -0.15) is 0 Å². The second-order valence-electron chi connectivity index (χ2n) is 4.13. The van der Waals surface area contributed by atoms with Crippen LogP contribution in [0.15, 0.2) is 12.1 Å². The molecule has 16 heavy (non-hydrogen) atoms. The van der Waals surface area contributed by atoms with Gasteiger partial charge in [0.25, 0.3) is 0 Å². The molecule has 0 amide bonds. The quantitative estimate of drug-likeness (QED) is 0.909. The summed E-state index contributed by atoms with van der Waals surface area (Å²) in [6, 6.07) is 3.64. The number of hydrogen-bond donors (Lipinski definition) is 1. The van der Waals surface area contributed by atoms with E-state index in [0.29, 0.717) is 10.7 Å². The van der Waals surface area contributed by atoms with Crippen molar-refractivity contribution in [3.63, 3.8) is 0 Å². The molecule has 90 valence electrons. The van der Waals surface area contributed by atoms with Crippen molar-refractivity contribution < 1.29 is 8.42 Å². The molecule has 5 heteroatoms. The molecule has 0 aromatic heterocycles. The highest BCUT2D eigenvalue weighted by atomic mass is 35.5. The number of hydrogen-bond acceptors (Lipinski definition) is 2. The fourth-order valence-corrected chi connectivity index (χ4v) is 2.52. The second kappa shape index (κ2) is 4.63. The topological polar surface area (TPSA) is 46.2 Å². The lowest BCUT2D eigenvalue weighted by atomic mass is 10.1. The van der Waals surface area contributed by atoms with Gasteiger partial charge in [0.15, 0.2) is 0 Å². The van der Waals surface area contributed by atoms with Gasteiger partial charge in [-0.15, -0.1) is 0 Å². The molecule has 0 aliphatic rings. The Morgan fingerprint density at radius 1 is 1.25 bits per heavy atom. The summed E-state index contributed by atoms with van der Waals surface area (Å²) in [5.74, 6) is 0. The van der Waals surface area contributed by atoms with Gasteiger partial charge >= 0.3 is 0 Å². The fourth-order valence-electron chi connectivity index (χ4n) is 1.31.